The summed E-state index contributed by atoms with van der Waals surface area (Å²) in [5.74, 6) is 0.375. The normalized spacial score (nSPS) is 20.2. The van der Waals surface area contributed by atoms with Crippen LogP contribution in [0, 0.1) is 0 Å². The largest absolute Gasteiger partial charge is 0.300 e. The number of hydrogen-bond acceptors (Lipinski definition) is 3. The van der Waals surface area contributed by atoms with Crippen molar-refractivity contribution in [2.45, 2.75) is 44.2 Å². The monoisotopic (exact) mass is 371 g/mol. The van der Waals surface area contributed by atoms with Gasteiger partial charge in [0.1, 0.15) is 0 Å². The lowest BCUT2D eigenvalue weighted by Gasteiger charge is -2.39. The van der Waals surface area contributed by atoms with E-state index in [0.29, 0.717) is 12.8 Å². The second-order valence-electron chi connectivity index (χ2n) is 6.89. The third-order valence-corrected chi connectivity index (χ3v) is 5.26. The minimum Gasteiger partial charge on any atom is -0.300 e. The highest BCUT2D eigenvalue weighted by molar-refractivity contribution is 5.97. The van der Waals surface area contributed by atoms with E-state index in [9.17, 15) is 9.59 Å². The highest BCUT2D eigenvalue weighted by atomic mass is 35.5. The zero-order valence-electron chi connectivity index (χ0n) is 15.1. The molecule has 26 heavy (non-hydrogen) atoms. The van der Waals surface area contributed by atoms with E-state index in [-0.39, 0.29) is 36.1 Å². The number of carbonyl (C=O) groups excluding carboxylic acids is 2. The van der Waals surface area contributed by atoms with E-state index in [2.05, 4.69) is 11.9 Å². The van der Waals surface area contributed by atoms with Gasteiger partial charge in [0.15, 0.2) is 11.6 Å². The molecular weight excluding hydrogens is 346 g/mol. The Morgan fingerprint density at radius 1 is 0.808 bits per heavy atom. The van der Waals surface area contributed by atoms with Gasteiger partial charge in [-0.3, -0.25) is 14.5 Å². The van der Waals surface area contributed by atoms with Gasteiger partial charge in [-0.2, -0.15) is 0 Å². The molecule has 3 nitrogen and oxygen atoms in total. The molecule has 3 rings (SSSR count). The van der Waals surface area contributed by atoms with Crippen LogP contribution in [0.3, 0.4) is 0 Å². The number of halogens is 1. The average molecular weight is 372 g/mol. The van der Waals surface area contributed by atoms with Crippen molar-refractivity contribution in [3.8, 4) is 0 Å². The van der Waals surface area contributed by atoms with Gasteiger partial charge in [0, 0.05) is 36.1 Å². The zero-order valence-corrected chi connectivity index (χ0v) is 16.0. The van der Waals surface area contributed by atoms with Gasteiger partial charge in [-0.15, -0.1) is 12.4 Å². The Morgan fingerprint density at radius 2 is 1.19 bits per heavy atom. The number of benzene rings is 2. The molecule has 0 saturated carbocycles. The van der Waals surface area contributed by atoms with Crippen molar-refractivity contribution in [3.05, 3.63) is 71.8 Å². The Kier molecular flexibility index (Phi) is 7.55. The molecule has 4 heteroatoms. The van der Waals surface area contributed by atoms with Crippen molar-refractivity contribution in [3.63, 3.8) is 0 Å². The molecule has 2 aromatic carbocycles. The molecule has 1 saturated heterocycles. The Hall–Kier alpha value is -1.97. The predicted octanol–water partition coefficient (Wildman–Crippen LogP) is 4.81. The number of rotatable bonds is 6. The summed E-state index contributed by atoms with van der Waals surface area (Å²) in [6.07, 6.45) is 4.16. The quantitative estimate of drug-likeness (QED) is 0.684. The van der Waals surface area contributed by atoms with E-state index in [1.807, 2.05) is 60.7 Å². The van der Waals surface area contributed by atoms with E-state index in [4.69, 9.17) is 0 Å². The fraction of sp³-hybridized carbons (Fsp3) is 0.364. The molecule has 2 aromatic rings. The van der Waals surface area contributed by atoms with Crippen LogP contribution in [0.5, 0.6) is 0 Å². The summed E-state index contributed by atoms with van der Waals surface area (Å²) in [6, 6.07) is 19.4. The van der Waals surface area contributed by atoms with Crippen LogP contribution >= 0.6 is 12.4 Å². The first-order valence-electron chi connectivity index (χ1n) is 9.03. The summed E-state index contributed by atoms with van der Waals surface area (Å²) >= 11 is 0. The van der Waals surface area contributed by atoms with Crippen molar-refractivity contribution in [2.24, 2.45) is 0 Å². The van der Waals surface area contributed by atoms with Gasteiger partial charge >= 0.3 is 0 Å². The maximum Gasteiger partial charge on any atom is 0.164 e. The van der Waals surface area contributed by atoms with E-state index >= 15 is 0 Å². The van der Waals surface area contributed by atoms with Crippen molar-refractivity contribution >= 4 is 24.0 Å². The molecule has 1 heterocycles. The van der Waals surface area contributed by atoms with Crippen LogP contribution in [-0.4, -0.2) is 35.6 Å². The van der Waals surface area contributed by atoms with Crippen LogP contribution in [0.4, 0.5) is 0 Å². The third kappa shape index (κ3) is 5.03. The minimum absolute atomic E-state index is 0. The first kappa shape index (κ1) is 20.3. The van der Waals surface area contributed by atoms with Crippen LogP contribution < -0.4 is 0 Å². The molecule has 1 aliphatic heterocycles. The molecule has 0 bridgehead atoms. The number of Topliss-reactive ketones (excluding diaryl/α,β-unsaturated/α-hetero) is 2. The molecule has 2 unspecified atom stereocenters. The van der Waals surface area contributed by atoms with Crippen molar-refractivity contribution in [1.82, 2.24) is 4.90 Å². The summed E-state index contributed by atoms with van der Waals surface area (Å²) < 4.78 is 0. The maximum atomic E-state index is 12.5. The summed E-state index contributed by atoms with van der Waals surface area (Å²) in [5.41, 5.74) is 1.55. The Bertz CT molecular complexity index is 656. The van der Waals surface area contributed by atoms with Crippen LogP contribution in [0.25, 0.3) is 0 Å². The molecule has 0 radical (unpaired) electrons. The summed E-state index contributed by atoms with van der Waals surface area (Å²) in [4.78, 5) is 27.3. The number of likely N-dealkylation sites (tertiary alicyclic amines) is 1. The fourth-order valence-electron chi connectivity index (χ4n) is 3.70. The van der Waals surface area contributed by atoms with Crippen LogP contribution in [0.15, 0.2) is 60.7 Å². The average Bonchev–Trinajstić information content (AvgIpc) is 2.66. The van der Waals surface area contributed by atoms with Gasteiger partial charge in [0.2, 0.25) is 0 Å². The minimum atomic E-state index is 0. The molecule has 1 fully saturated rings. The van der Waals surface area contributed by atoms with Gasteiger partial charge in [0.05, 0.1) is 0 Å². The fourth-order valence-corrected chi connectivity index (χ4v) is 3.70. The molecule has 0 amide bonds. The highest BCUT2D eigenvalue weighted by Crippen LogP contribution is 2.27. The van der Waals surface area contributed by atoms with Gasteiger partial charge in [-0.25, -0.2) is 0 Å². The van der Waals surface area contributed by atoms with E-state index < -0.39 is 0 Å². The molecule has 1 aliphatic rings. The Balaban J connectivity index is 0.00000243. The molecule has 138 valence electrons. The lowest BCUT2D eigenvalue weighted by Crippen LogP contribution is -2.45. The third-order valence-electron chi connectivity index (χ3n) is 5.26. The summed E-state index contributed by atoms with van der Waals surface area (Å²) in [6.45, 7) is 0. The van der Waals surface area contributed by atoms with Crippen molar-refractivity contribution in [1.29, 1.82) is 0 Å². The van der Waals surface area contributed by atoms with Crippen molar-refractivity contribution in [2.75, 3.05) is 7.05 Å². The highest BCUT2D eigenvalue weighted by Gasteiger charge is 2.30. The first-order chi connectivity index (χ1) is 12.1. The smallest absolute Gasteiger partial charge is 0.164 e. The van der Waals surface area contributed by atoms with Crippen molar-refractivity contribution < 1.29 is 9.59 Å². The van der Waals surface area contributed by atoms with E-state index in [0.717, 1.165) is 30.4 Å². The lowest BCUT2D eigenvalue weighted by molar-refractivity contribution is 0.0723. The standard InChI is InChI=1S/C22H25NO2.ClH/c1-23-19(15-21(24)17-9-4-2-5-10-17)13-8-14-20(23)16-22(25)18-11-6-3-7-12-18;/h2-7,9-12,19-20H,8,13-16H2,1H3;1H. The summed E-state index contributed by atoms with van der Waals surface area (Å²) in [5, 5.41) is 0. The van der Waals surface area contributed by atoms with Gasteiger partial charge in [-0.05, 0) is 19.9 Å². The van der Waals surface area contributed by atoms with Gasteiger partial charge in [-0.1, -0.05) is 67.1 Å². The Morgan fingerprint density at radius 3 is 1.58 bits per heavy atom. The zero-order chi connectivity index (χ0) is 17.6. The molecular formula is C22H26ClNO2. The number of hydrogen-bond donors (Lipinski definition) is 0. The lowest BCUT2D eigenvalue weighted by atomic mass is 9.88. The van der Waals surface area contributed by atoms with E-state index in [1.54, 1.807) is 0 Å². The number of ketones is 2. The van der Waals surface area contributed by atoms with E-state index in [1.165, 1.54) is 0 Å². The summed E-state index contributed by atoms with van der Waals surface area (Å²) in [7, 11) is 2.06. The number of piperidine rings is 1. The SMILES string of the molecule is CN1C(CC(=O)c2ccccc2)CCCC1CC(=O)c1ccccc1.Cl. The second kappa shape index (κ2) is 9.65. The maximum absolute atomic E-state index is 12.5. The van der Waals surface area contributed by atoms with Crippen LogP contribution in [0.2, 0.25) is 0 Å². The van der Waals surface area contributed by atoms with Crippen LogP contribution in [0.1, 0.15) is 52.8 Å². The molecule has 0 aromatic heterocycles. The van der Waals surface area contributed by atoms with Gasteiger partial charge in [0.25, 0.3) is 0 Å². The number of nitrogens with zero attached hydrogens (tertiary/aromatic N) is 1. The predicted molar refractivity (Wildman–Crippen MR) is 107 cm³/mol. The Labute approximate surface area is 161 Å². The second-order valence-corrected chi connectivity index (χ2v) is 6.89. The molecule has 2 atom stereocenters. The molecule has 0 spiro atoms. The first-order valence-corrected chi connectivity index (χ1v) is 9.03. The van der Waals surface area contributed by atoms with Crippen LogP contribution in [-0.2, 0) is 0 Å². The molecule has 0 N–H and O–H groups in total. The molecule has 0 aliphatic carbocycles. The topological polar surface area (TPSA) is 37.4 Å². The van der Waals surface area contributed by atoms with Gasteiger partial charge < -0.3 is 0 Å². The number of carbonyl (C=O) groups is 2.